The Bertz CT molecular complexity index is 559. The summed E-state index contributed by atoms with van der Waals surface area (Å²) in [6.07, 6.45) is 2.59. The largest absolute Gasteiger partial charge is 0.376 e. The van der Waals surface area contributed by atoms with E-state index in [0.29, 0.717) is 6.61 Å². The Morgan fingerprint density at radius 1 is 1.28 bits per heavy atom. The standard InChI is InChI=1S/C18H26N2O4S/c1-13-6-8-16(9-7-13)25-12-17(21)19-20-18(22)14(2)24-11-15-5-3-4-10-23-15/h6-9,14-15H,3-5,10-12H2,1-2H3,(H,19,21)(H,20,22). The topological polar surface area (TPSA) is 76.7 Å². The van der Waals surface area contributed by atoms with Gasteiger partial charge in [-0.25, -0.2) is 0 Å². The molecular weight excluding hydrogens is 340 g/mol. The molecule has 1 fully saturated rings. The second-order valence-corrected chi connectivity index (χ2v) is 7.15. The van der Waals surface area contributed by atoms with Crippen LogP contribution in [0, 0.1) is 6.92 Å². The maximum atomic E-state index is 11.9. The third-order valence-electron chi connectivity index (χ3n) is 3.89. The molecule has 2 N–H and O–H groups in total. The lowest BCUT2D eigenvalue weighted by Gasteiger charge is -2.23. The zero-order valence-corrected chi connectivity index (χ0v) is 15.6. The van der Waals surface area contributed by atoms with E-state index in [4.69, 9.17) is 9.47 Å². The van der Waals surface area contributed by atoms with E-state index in [0.717, 1.165) is 30.8 Å². The number of benzene rings is 1. The number of ether oxygens (including phenoxy) is 2. The fourth-order valence-corrected chi connectivity index (χ4v) is 3.02. The molecule has 6 nitrogen and oxygen atoms in total. The second kappa shape index (κ2) is 10.4. The van der Waals surface area contributed by atoms with E-state index in [9.17, 15) is 9.59 Å². The van der Waals surface area contributed by atoms with Gasteiger partial charge in [-0.2, -0.15) is 0 Å². The SMILES string of the molecule is Cc1ccc(SCC(=O)NNC(=O)C(C)OCC2CCCCO2)cc1. The van der Waals surface area contributed by atoms with Gasteiger partial charge in [-0.3, -0.25) is 20.4 Å². The van der Waals surface area contributed by atoms with E-state index in [1.54, 1.807) is 6.92 Å². The molecule has 0 bridgehead atoms. The first kappa shape index (κ1) is 19.8. The van der Waals surface area contributed by atoms with Crippen molar-refractivity contribution in [2.75, 3.05) is 19.0 Å². The Hall–Kier alpha value is -1.57. The molecule has 1 saturated heterocycles. The van der Waals surface area contributed by atoms with Crippen molar-refractivity contribution >= 4 is 23.6 Å². The highest BCUT2D eigenvalue weighted by Gasteiger charge is 2.19. The summed E-state index contributed by atoms with van der Waals surface area (Å²) in [5.41, 5.74) is 5.98. The van der Waals surface area contributed by atoms with Gasteiger partial charge in [-0.15, -0.1) is 11.8 Å². The third kappa shape index (κ3) is 7.46. The molecule has 0 aliphatic carbocycles. The number of carbonyl (C=O) groups excluding carboxylic acids is 2. The summed E-state index contributed by atoms with van der Waals surface area (Å²) in [6, 6.07) is 7.93. The van der Waals surface area contributed by atoms with Crippen LogP contribution in [-0.4, -0.2) is 43.0 Å². The van der Waals surface area contributed by atoms with Crippen molar-refractivity contribution < 1.29 is 19.1 Å². The van der Waals surface area contributed by atoms with Gasteiger partial charge in [-0.05, 0) is 45.2 Å². The first-order valence-corrected chi connectivity index (χ1v) is 9.54. The molecule has 2 amide bonds. The predicted octanol–water partition coefficient (Wildman–Crippen LogP) is 2.21. The average molecular weight is 366 g/mol. The van der Waals surface area contributed by atoms with Gasteiger partial charge >= 0.3 is 0 Å². The number of thioether (sulfide) groups is 1. The quantitative estimate of drug-likeness (QED) is 0.572. The van der Waals surface area contributed by atoms with Crippen molar-refractivity contribution in [3.63, 3.8) is 0 Å². The summed E-state index contributed by atoms with van der Waals surface area (Å²) >= 11 is 1.42. The van der Waals surface area contributed by atoms with Crippen LogP contribution >= 0.6 is 11.8 Å². The number of hydrogen-bond acceptors (Lipinski definition) is 5. The fourth-order valence-electron chi connectivity index (χ4n) is 2.32. The Morgan fingerprint density at radius 2 is 2.04 bits per heavy atom. The van der Waals surface area contributed by atoms with E-state index in [1.807, 2.05) is 31.2 Å². The smallest absolute Gasteiger partial charge is 0.267 e. The van der Waals surface area contributed by atoms with Crippen LogP contribution in [0.25, 0.3) is 0 Å². The van der Waals surface area contributed by atoms with Crippen molar-refractivity contribution in [2.24, 2.45) is 0 Å². The molecule has 0 aromatic heterocycles. The summed E-state index contributed by atoms with van der Waals surface area (Å²) in [5.74, 6) is -0.402. The highest BCUT2D eigenvalue weighted by molar-refractivity contribution is 8.00. The third-order valence-corrected chi connectivity index (χ3v) is 4.90. The summed E-state index contributed by atoms with van der Waals surface area (Å²) < 4.78 is 11.1. The first-order valence-electron chi connectivity index (χ1n) is 8.56. The number of hydrogen-bond donors (Lipinski definition) is 2. The van der Waals surface area contributed by atoms with E-state index in [2.05, 4.69) is 10.9 Å². The lowest BCUT2D eigenvalue weighted by atomic mass is 10.1. The number of amides is 2. The van der Waals surface area contributed by atoms with Gasteiger partial charge < -0.3 is 9.47 Å². The molecular formula is C18H26N2O4S. The van der Waals surface area contributed by atoms with Crippen LogP contribution in [-0.2, 0) is 19.1 Å². The lowest BCUT2D eigenvalue weighted by Crippen LogP contribution is -2.47. The molecule has 1 aromatic carbocycles. The summed E-state index contributed by atoms with van der Waals surface area (Å²) in [4.78, 5) is 24.8. The second-order valence-electron chi connectivity index (χ2n) is 6.10. The molecule has 138 valence electrons. The Balaban J connectivity index is 1.60. The minimum Gasteiger partial charge on any atom is -0.376 e. The molecule has 2 atom stereocenters. The molecule has 1 aliphatic heterocycles. The molecule has 0 radical (unpaired) electrons. The van der Waals surface area contributed by atoms with E-state index < -0.39 is 6.10 Å². The normalized spacial score (nSPS) is 18.4. The summed E-state index contributed by atoms with van der Waals surface area (Å²) in [5, 5.41) is 0. The fraction of sp³-hybridized carbons (Fsp3) is 0.556. The maximum Gasteiger partial charge on any atom is 0.267 e. The van der Waals surface area contributed by atoms with Crippen LogP contribution in [0.3, 0.4) is 0 Å². The van der Waals surface area contributed by atoms with Crippen LogP contribution in [0.2, 0.25) is 0 Å². The van der Waals surface area contributed by atoms with Gasteiger partial charge in [0.2, 0.25) is 5.91 Å². The minimum absolute atomic E-state index is 0.0597. The molecule has 2 rings (SSSR count). The van der Waals surface area contributed by atoms with Crippen molar-refractivity contribution in [1.82, 2.24) is 10.9 Å². The summed E-state index contributed by atoms with van der Waals surface area (Å²) in [6.45, 7) is 4.82. The van der Waals surface area contributed by atoms with Gasteiger partial charge in [0, 0.05) is 11.5 Å². The first-order chi connectivity index (χ1) is 12.0. The Morgan fingerprint density at radius 3 is 2.72 bits per heavy atom. The zero-order chi connectivity index (χ0) is 18.1. The van der Waals surface area contributed by atoms with Crippen molar-refractivity contribution in [2.45, 2.75) is 50.2 Å². The van der Waals surface area contributed by atoms with Crippen molar-refractivity contribution in [1.29, 1.82) is 0 Å². The molecule has 25 heavy (non-hydrogen) atoms. The van der Waals surface area contributed by atoms with Gasteiger partial charge in [-0.1, -0.05) is 17.7 Å². The maximum absolute atomic E-state index is 11.9. The van der Waals surface area contributed by atoms with Gasteiger partial charge in [0.25, 0.3) is 5.91 Å². The average Bonchev–Trinajstić information content (AvgIpc) is 2.64. The number of carbonyl (C=O) groups is 2. The number of aryl methyl sites for hydroxylation is 1. The molecule has 2 unspecified atom stereocenters. The predicted molar refractivity (Wildman–Crippen MR) is 97.2 cm³/mol. The van der Waals surface area contributed by atoms with E-state index in [-0.39, 0.29) is 23.7 Å². The highest BCUT2D eigenvalue weighted by atomic mass is 32.2. The monoisotopic (exact) mass is 366 g/mol. The number of rotatable bonds is 7. The van der Waals surface area contributed by atoms with Crippen LogP contribution in [0.4, 0.5) is 0 Å². The molecule has 0 spiro atoms. The van der Waals surface area contributed by atoms with Crippen molar-refractivity contribution in [3.05, 3.63) is 29.8 Å². The van der Waals surface area contributed by atoms with Crippen LogP contribution in [0.5, 0.6) is 0 Å². The number of hydrazine groups is 1. The van der Waals surface area contributed by atoms with Gasteiger partial charge in [0.1, 0.15) is 6.10 Å². The minimum atomic E-state index is -0.643. The van der Waals surface area contributed by atoms with Crippen LogP contribution < -0.4 is 10.9 Å². The number of nitrogens with one attached hydrogen (secondary N) is 2. The summed E-state index contributed by atoms with van der Waals surface area (Å²) in [7, 11) is 0. The van der Waals surface area contributed by atoms with E-state index in [1.165, 1.54) is 17.3 Å². The lowest BCUT2D eigenvalue weighted by molar-refractivity contribution is -0.138. The van der Waals surface area contributed by atoms with Crippen LogP contribution in [0.15, 0.2) is 29.2 Å². The highest BCUT2D eigenvalue weighted by Crippen LogP contribution is 2.17. The Labute approximate surface area is 153 Å². The van der Waals surface area contributed by atoms with Gasteiger partial charge in [0.15, 0.2) is 0 Å². The molecule has 1 heterocycles. The van der Waals surface area contributed by atoms with Crippen molar-refractivity contribution in [3.8, 4) is 0 Å². The molecule has 0 saturated carbocycles. The van der Waals surface area contributed by atoms with E-state index >= 15 is 0 Å². The van der Waals surface area contributed by atoms with Crippen LogP contribution in [0.1, 0.15) is 31.7 Å². The zero-order valence-electron chi connectivity index (χ0n) is 14.7. The molecule has 7 heteroatoms. The Kier molecular flexibility index (Phi) is 8.24. The molecule has 1 aliphatic rings. The van der Waals surface area contributed by atoms with Gasteiger partial charge in [0.05, 0.1) is 18.5 Å². The molecule has 1 aromatic rings.